The number of hydrogen-bond acceptors (Lipinski definition) is 3. The number of nitrogens with zero attached hydrogens (tertiary/aromatic N) is 1. The van der Waals surface area contributed by atoms with Crippen LogP contribution in [0.1, 0.15) is 52.9 Å². The van der Waals surface area contributed by atoms with Crippen molar-refractivity contribution < 1.29 is 9.90 Å². The van der Waals surface area contributed by atoms with Gasteiger partial charge in [-0.25, -0.2) is 0 Å². The Hall–Kier alpha value is -0.610. The number of likely N-dealkylation sites (N-methyl/N-ethyl adjacent to an activating group) is 1. The maximum atomic E-state index is 11.6. The summed E-state index contributed by atoms with van der Waals surface area (Å²) in [7, 11) is 1.79. The Morgan fingerprint density at radius 3 is 2.70 bits per heavy atom. The lowest BCUT2D eigenvalue weighted by Crippen LogP contribution is -2.53. The Morgan fingerprint density at radius 1 is 1.50 bits per heavy atom. The molecule has 1 fully saturated rings. The van der Waals surface area contributed by atoms with Crippen LogP contribution in [0.15, 0.2) is 0 Å². The SMILES string of the molecule is CCC(C)CN(CC)CCC1CCCC1(NC)C(=O)O. The van der Waals surface area contributed by atoms with Gasteiger partial charge >= 0.3 is 5.97 Å². The van der Waals surface area contributed by atoms with Crippen LogP contribution >= 0.6 is 0 Å². The Kier molecular flexibility index (Phi) is 6.96. The van der Waals surface area contributed by atoms with E-state index < -0.39 is 11.5 Å². The lowest BCUT2D eigenvalue weighted by atomic mass is 9.84. The third-order valence-corrected chi connectivity index (χ3v) is 5.16. The van der Waals surface area contributed by atoms with Crippen molar-refractivity contribution in [3.8, 4) is 0 Å². The monoisotopic (exact) mass is 284 g/mol. The van der Waals surface area contributed by atoms with E-state index in [4.69, 9.17) is 0 Å². The predicted octanol–water partition coefficient (Wildman–Crippen LogP) is 2.59. The molecule has 0 spiro atoms. The highest BCUT2D eigenvalue weighted by molar-refractivity contribution is 5.79. The van der Waals surface area contributed by atoms with Crippen LogP contribution in [0.5, 0.6) is 0 Å². The number of carboxylic acids is 1. The van der Waals surface area contributed by atoms with E-state index in [-0.39, 0.29) is 5.92 Å². The van der Waals surface area contributed by atoms with E-state index in [1.54, 1.807) is 7.05 Å². The molecule has 20 heavy (non-hydrogen) atoms. The lowest BCUT2D eigenvalue weighted by Gasteiger charge is -2.33. The molecule has 4 nitrogen and oxygen atoms in total. The van der Waals surface area contributed by atoms with Gasteiger partial charge in [0.2, 0.25) is 0 Å². The standard InChI is InChI=1S/C16H32N2O2/c1-5-13(3)12-18(6-2)11-9-14-8-7-10-16(14,17-4)15(19)20/h13-14,17H,5-12H2,1-4H3,(H,19,20). The summed E-state index contributed by atoms with van der Waals surface area (Å²) in [6, 6.07) is 0. The van der Waals surface area contributed by atoms with E-state index in [0.29, 0.717) is 5.92 Å². The first kappa shape index (κ1) is 17.4. The summed E-state index contributed by atoms with van der Waals surface area (Å²) in [5.41, 5.74) is -0.685. The highest BCUT2D eigenvalue weighted by atomic mass is 16.4. The minimum absolute atomic E-state index is 0.260. The van der Waals surface area contributed by atoms with Gasteiger partial charge in [0.05, 0.1) is 0 Å². The van der Waals surface area contributed by atoms with Gasteiger partial charge in [0.25, 0.3) is 0 Å². The normalized spacial score (nSPS) is 27.9. The number of carboxylic acid groups (broad SMARTS) is 1. The van der Waals surface area contributed by atoms with Crippen molar-refractivity contribution in [2.45, 2.75) is 58.4 Å². The van der Waals surface area contributed by atoms with E-state index in [1.807, 2.05) is 0 Å². The Bertz CT molecular complexity index is 309. The highest BCUT2D eigenvalue weighted by Crippen LogP contribution is 2.38. The van der Waals surface area contributed by atoms with Gasteiger partial charge in [0, 0.05) is 6.54 Å². The average Bonchev–Trinajstić information content (AvgIpc) is 2.87. The molecule has 3 atom stereocenters. The van der Waals surface area contributed by atoms with Crippen molar-refractivity contribution in [1.29, 1.82) is 0 Å². The minimum atomic E-state index is -0.685. The van der Waals surface area contributed by atoms with E-state index in [1.165, 1.54) is 6.42 Å². The molecular weight excluding hydrogens is 252 g/mol. The number of aliphatic carboxylic acids is 1. The van der Waals surface area contributed by atoms with E-state index in [2.05, 4.69) is 31.0 Å². The van der Waals surface area contributed by atoms with Crippen LogP contribution in [-0.4, -0.2) is 48.2 Å². The molecule has 0 amide bonds. The lowest BCUT2D eigenvalue weighted by molar-refractivity contribution is -0.146. The Balaban J connectivity index is 2.56. The molecule has 0 aliphatic heterocycles. The van der Waals surface area contributed by atoms with Crippen LogP contribution in [0, 0.1) is 11.8 Å². The van der Waals surface area contributed by atoms with Crippen LogP contribution in [-0.2, 0) is 4.79 Å². The van der Waals surface area contributed by atoms with Gasteiger partial charge in [-0.2, -0.15) is 0 Å². The second kappa shape index (κ2) is 7.99. The summed E-state index contributed by atoms with van der Waals surface area (Å²) < 4.78 is 0. The smallest absolute Gasteiger partial charge is 0.324 e. The van der Waals surface area contributed by atoms with Crippen molar-refractivity contribution in [2.24, 2.45) is 11.8 Å². The third-order valence-electron chi connectivity index (χ3n) is 5.16. The van der Waals surface area contributed by atoms with Crippen LogP contribution in [0.25, 0.3) is 0 Å². The molecule has 1 aliphatic rings. The Morgan fingerprint density at radius 2 is 2.20 bits per heavy atom. The van der Waals surface area contributed by atoms with E-state index in [9.17, 15) is 9.90 Å². The number of rotatable bonds is 9. The van der Waals surface area contributed by atoms with Crippen molar-refractivity contribution in [3.05, 3.63) is 0 Å². The van der Waals surface area contributed by atoms with Gasteiger partial charge in [-0.1, -0.05) is 33.6 Å². The largest absolute Gasteiger partial charge is 0.480 e. The first-order chi connectivity index (χ1) is 9.50. The topological polar surface area (TPSA) is 52.6 Å². The van der Waals surface area contributed by atoms with Gasteiger partial charge < -0.3 is 15.3 Å². The molecule has 3 unspecified atom stereocenters. The zero-order valence-corrected chi connectivity index (χ0v) is 13.6. The van der Waals surface area contributed by atoms with Crippen molar-refractivity contribution in [1.82, 2.24) is 10.2 Å². The fraction of sp³-hybridized carbons (Fsp3) is 0.938. The van der Waals surface area contributed by atoms with Crippen molar-refractivity contribution in [2.75, 3.05) is 26.7 Å². The number of nitrogens with one attached hydrogen (secondary N) is 1. The first-order valence-corrected chi connectivity index (χ1v) is 8.14. The van der Waals surface area contributed by atoms with Crippen molar-refractivity contribution in [3.63, 3.8) is 0 Å². The molecule has 1 saturated carbocycles. The minimum Gasteiger partial charge on any atom is -0.480 e. The van der Waals surface area contributed by atoms with Crippen LogP contribution in [0.3, 0.4) is 0 Å². The molecule has 0 bridgehead atoms. The summed E-state index contributed by atoms with van der Waals surface area (Å²) >= 11 is 0. The first-order valence-electron chi connectivity index (χ1n) is 8.14. The van der Waals surface area contributed by atoms with Crippen molar-refractivity contribution >= 4 is 5.97 Å². The second-order valence-electron chi connectivity index (χ2n) is 6.31. The van der Waals surface area contributed by atoms with Gasteiger partial charge in [-0.05, 0) is 51.2 Å². The van der Waals surface area contributed by atoms with Crippen LogP contribution < -0.4 is 5.32 Å². The molecule has 1 aliphatic carbocycles. The molecule has 2 N–H and O–H groups in total. The van der Waals surface area contributed by atoms with Gasteiger partial charge in [0.15, 0.2) is 0 Å². The molecule has 0 aromatic rings. The fourth-order valence-corrected chi connectivity index (χ4v) is 3.47. The molecule has 1 rings (SSSR count). The quantitative estimate of drug-likeness (QED) is 0.683. The fourth-order valence-electron chi connectivity index (χ4n) is 3.47. The molecule has 0 saturated heterocycles. The molecule has 0 radical (unpaired) electrons. The Labute approximate surface area is 123 Å². The van der Waals surface area contributed by atoms with Gasteiger partial charge in [0.1, 0.15) is 5.54 Å². The molecule has 0 heterocycles. The van der Waals surface area contributed by atoms with Gasteiger partial charge in [-0.3, -0.25) is 4.79 Å². The molecule has 4 heteroatoms. The number of carbonyl (C=O) groups is 1. The zero-order chi connectivity index (χ0) is 15.2. The second-order valence-corrected chi connectivity index (χ2v) is 6.31. The zero-order valence-electron chi connectivity index (χ0n) is 13.6. The molecular formula is C16H32N2O2. The predicted molar refractivity (Wildman–Crippen MR) is 83.0 cm³/mol. The summed E-state index contributed by atoms with van der Waals surface area (Å²) in [4.78, 5) is 14.1. The summed E-state index contributed by atoms with van der Waals surface area (Å²) in [6.07, 6.45) is 5.01. The summed E-state index contributed by atoms with van der Waals surface area (Å²) in [5, 5.41) is 12.7. The number of hydrogen-bond donors (Lipinski definition) is 2. The summed E-state index contributed by atoms with van der Waals surface area (Å²) in [6.45, 7) is 9.90. The maximum Gasteiger partial charge on any atom is 0.324 e. The summed E-state index contributed by atoms with van der Waals surface area (Å²) in [5.74, 6) is 0.301. The maximum absolute atomic E-state index is 11.6. The highest BCUT2D eigenvalue weighted by Gasteiger charge is 2.47. The molecule has 0 aromatic heterocycles. The van der Waals surface area contributed by atoms with Gasteiger partial charge in [-0.15, -0.1) is 0 Å². The van der Waals surface area contributed by atoms with Crippen LogP contribution in [0.4, 0.5) is 0 Å². The molecule has 0 aromatic carbocycles. The third kappa shape index (κ3) is 3.95. The van der Waals surface area contributed by atoms with E-state index >= 15 is 0 Å². The van der Waals surface area contributed by atoms with Crippen LogP contribution in [0.2, 0.25) is 0 Å². The molecule has 118 valence electrons. The average molecular weight is 284 g/mol. The van der Waals surface area contributed by atoms with E-state index in [0.717, 1.165) is 45.3 Å².